The van der Waals surface area contributed by atoms with Crippen LogP contribution in [0.15, 0.2) is 4.99 Å². The summed E-state index contributed by atoms with van der Waals surface area (Å²) in [6.45, 7) is 0.772. The van der Waals surface area contributed by atoms with Crippen LogP contribution in [-0.2, 0) is 9.63 Å². The van der Waals surface area contributed by atoms with Gasteiger partial charge in [0.2, 0.25) is 6.41 Å². The van der Waals surface area contributed by atoms with Gasteiger partial charge in [0.1, 0.15) is 0 Å². The Kier molecular flexibility index (Phi) is 2.70. The summed E-state index contributed by atoms with van der Waals surface area (Å²) < 4.78 is 0. The predicted octanol–water partition coefficient (Wildman–Crippen LogP) is 0.109. The Hall–Kier alpha value is -0.550. The van der Waals surface area contributed by atoms with E-state index < -0.39 is 0 Å². The van der Waals surface area contributed by atoms with Gasteiger partial charge in [-0.3, -0.25) is 14.6 Å². The van der Waals surface area contributed by atoms with E-state index in [1.807, 2.05) is 0 Å². The highest BCUT2D eigenvalue weighted by Gasteiger charge is 2.13. The first-order valence-corrected chi connectivity index (χ1v) is 3.83. The monoisotopic (exact) mass is 160 g/mol. The number of hydroxylamine groups is 2. The molecule has 4 nitrogen and oxygen atoms in total. The van der Waals surface area contributed by atoms with Crippen molar-refractivity contribution >= 4 is 23.3 Å². The number of amides is 1. The van der Waals surface area contributed by atoms with Crippen LogP contribution in [-0.4, -0.2) is 36.0 Å². The van der Waals surface area contributed by atoms with Crippen LogP contribution < -0.4 is 0 Å². The van der Waals surface area contributed by atoms with Crippen LogP contribution in [0.3, 0.4) is 0 Å². The summed E-state index contributed by atoms with van der Waals surface area (Å²) in [6, 6.07) is 0. The Morgan fingerprint density at radius 1 is 1.90 bits per heavy atom. The third-order valence-corrected chi connectivity index (χ3v) is 2.00. The minimum Gasteiger partial charge on any atom is -0.276 e. The van der Waals surface area contributed by atoms with Crippen molar-refractivity contribution in [3.63, 3.8) is 0 Å². The average Bonchev–Trinajstić information content (AvgIpc) is 2.43. The molecule has 0 saturated heterocycles. The van der Waals surface area contributed by atoms with Crippen molar-refractivity contribution in [2.45, 2.75) is 0 Å². The molecule has 1 aliphatic heterocycles. The zero-order valence-electron chi connectivity index (χ0n) is 5.61. The van der Waals surface area contributed by atoms with Gasteiger partial charge in [-0.05, 0) is 0 Å². The molecule has 56 valence electrons. The summed E-state index contributed by atoms with van der Waals surface area (Å²) in [5, 5.41) is 1.77. The number of carbonyl (C=O) groups is 1. The standard InChI is InChI=1S/C5H8N2O2S/c1-9-7(4-8)5-6-2-3-10-5/h4H,2-3H2,1H3. The Balaban J connectivity index is 2.51. The highest BCUT2D eigenvalue weighted by molar-refractivity contribution is 8.14. The molecular formula is C5H8N2O2S. The maximum Gasteiger partial charge on any atom is 0.240 e. The van der Waals surface area contributed by atoms with Gasteiger partial charge in [-0.1, -0.05) is 11.8 Å². The van der Waals surface area contributed by atoms with E-state index in [1.165, 1.54) is 18.9 Å². The maximum absolute atomic E-state index is 10.2. The molecule has 0 aromatic heterocycles. The largest absolute Gasteiger partial charge is 0.276 e. The van der Waals surface area contributed by atoms with Crippen molar-refractivity contribution in [2.24, 2.45) is 4.99 Å². The summed E-state index contributed by atoms with van der Waals surface area (Å²) in [4.78, 5) is 19.0. The Morgan fingerprint density at radius 3 is 3.10 bits per heavy atom. The van der Waals surface area contributed by atoms with Gasteiger partial charge in [0.25, 0.3) is 0 Å². The molecule has 1 rings (SSSR count). The van der Waals surface area contributed by atoms with Gasteiger partial charge in [0.15, 0.2) is 5.17 Å². The van der Waals surface area contributed by atoms with Crippen LogP contribution in [0.4, 0.5) is 0 Å². The van der Waals surface area contributed by atoms with Crippen molar-refractivity contribution in [2.75, 3.05) is 19.4 Å². The second-order valence-corrected chi connectivity index (χ2v) is 2.69. The van der Waals surface area contributed by atoms with Crippen LogP contribution in [0, 0.1) is 0 Å². The molecule has 1 heterocycles. The van der Waals surface area contributed by atoms with Gasteiger partial charge in [-0.2, -0.15) is 5.06 Å². The maximum atomic E-state index is 10.2. The van der Waals surface area contributed by atoms with Crippen LogP contribution in [0.5, 0.6) is 0 Å². The minimum absolute atomic E-state index is 0.608. The van der Waals surface area contributed by atoms with Gasteiger partial charge in [0.05, 0.1) is 13.7 Å². The molecule has 0 bridgehead atoms. The van der Waals surface area contributed by atoms with Crippen molar-refractivity contribution in [3.8, 4) is 0 Å². The summed E-state index contributed by atoms with van der Waals surface area (Å²) >= 11 is 1.52. The molecule has 0 radical (unpaired) electrons. The zero-order valence-corrected chi connectivity index (χ0v) is 6.43. The highest BCUT2D eigenvalue weighted by Crippen LogP contribution is 2.13. The zero-order chi connectivity index (χ0) is 7.40. The fraction of sp³-hybridized carbons (Fsp3) is 0.600. The van der Waals surface area contributed by atoms with Gasteiger partial charge >= 0.3 is 0 Å². The van der Waals surface area contributed by atoms with E-state index in [2.05, 4.69) is 4.99 Å². The number of nitrogens with zero attached hydrogens (tertiary/aromatic N) is 2. The molecule has 0 N–H and O–H groups in total. The Labute approximate surface area is 63.2 Å². The lowest BCUT2D eigenvalue weighted by atomic mass is 10.8. The average molecular weight is 160 g/mol. The second kappa shape index (κ2) is 3.58. The lowest BCUT2D eigenvalue weighted by Gasteiger charge is -2.10. The van der Waals surface area contributed by atoms with Gasteiger partial charge in [-0.25, -0.2) is 0 Å². The Bertz CT molecular complexity index is 160. The molecule has 1 amide bonds. The lowest BCUT2D eigenvalue weighted by molar-refractivity contribution is -0.140. The molecule has 5 heteroatoms. The van der Waals surface area contributed by atoms with Crippen LogP contribution in [0.2, 0.25) is 0 Å². The topological polar surface area (TPSA) is 41.9 Å². The smallest absolute Gasteiger partial charge is 0.240 e. The molecule has 0 fully saturated rings. The third-order valence-electron chi connectivity index (χ3n) is 1.05. The summed E-state index contributed by atoms with van der Waals surface area (Å²) in [5.74, 6) is 0.934. The van der Waals surface area contributed by atoms with Crippen LogP contribution in [0.25, 0.3) is 0 Å². The number of rotatable bonds is 2. The van der Waals surface area contributed by atoms with E-state index in [1.54, 1.807) is 0 Å². The van der Waals surface area contributed by atoms with Crippen molar-refractivity contribution in [3.05, 3.63) is 0 Å². The number of hydrogen-bond donors (Lipinski definition) is 0. The molecule has 0 spiro atoms. The highest BCUT2D eigenvalue weighted by atomic mass is 32.2. The fourth-order valence-electron chi connectivity index (χ4n) is 0.623. The van der Waals surface area contributed by atoms with Crippen LogP contribution >= 0.6 is 11.8 Å². The van der Waals surface area contributed by atoms with E-state index in [4.69, 9.17) is 4.84 Å². The van der Waals surface area contributed by atoms with Crippen molar-refractivity contribution in [1.82, 2.24) is 5.06 Å². The SMILES string of the molecule is CON(C=O)C1=NCCS1. The molecule has 0 saturated carbocycles. The van der Waals surface area contributed by atoms with E-state index in [9.17, 15) is 4.79 Å². The van der Waals surface area contributed by atoms with E-state index in [-0.39, 0.29) is 0 Å². The molecular weight excluding hydrogens is 152 g/mol. The van der Waals surface area contributed by atoms with E-state index in [0.29, 0.717) is 11.6 Å². The number of carbonyl (C=O) groups excluding carboxylic acids is 1. The minimum atomic E-state index is 0.608. The number of thioether (sulfide) groups is 1. The van der Waals surface area contributed by atoms with Gasteiger partial charge in [0, 0.05) is 5.75 Å². The second-order valence-electron chi connectivity index (χ2n) is 1.63. The normalized spacial score (nSPS) is 16.7. The molecule has 0 aromatic rings. The summed E-state index contributed by atoms with van der Waals surface area (Å²) in [7, 11) is 1.44. The number of amidine groups is 1. The summed E-state index contributed by atoms with van der Waals surface area (Å²) in [6.07, 6.45) is 0.608. The number of hydrogen-bond acceptors (Lipinski definition) is 4. The van der Waals surface area contributed by atoms with Gasteiger partial charge < -0.3 is 0 Å². The molecule has 0 aliphatic carbocycles. The molecule has 0 atom stereocenters. The predicted molar refractivity (Wildman–Crippen MR) is 39.7 cm³/mol. The molecule has 0 unspecified atom stereocenters. The Morgan fingerprint density at radius 2 is 2.70 bits per heavy atom. The van der Waals surface area contributed by atoms with Crippen LogP contribution in [0.1, 0.15) is 0 Å². The quantitative estimate of drug-likeness (QED) is 0.425. The molecule has 1 aliphatic rings. The molecule has 0 aromatic carbocycles. The third kappa shape index (κ3) is 1.48. The number of aliphatic imine (C=N–C) groups is 1. The molecule has 10 heavy (non-hydrogen) atoms. The lowest BCUT2D eigenvalue weighted by Crippen LogP contribution is -2.24. The first kappa shape index (κ1) is 7.56. The fourth-order valence-corrected chi connectivity index (χ4v) is 1.42. The van der Waals surface area contributed by atoms with E-state index >= 15 is 0 Å². The first-order chi connectivity index (χ1) is 4.88. The first-order valence-electron chi connectivity index (χ1n) is 2.84. The van der Waals surface area contributed by atoms with Crippen molar-refractivity contribution < 1.29 is 9.63 Å². The van der Waals surface area contributed by atoms with Crippen molar-refractivity contribution in [1.29, 1.82) is 0 Å². The van der Waals surface area contributed by atoms with E-state index in [0.717, 1.165) is 17.4 Å². The summed E-state index contributed by atoms with van der Waals surface area (Å²) in [5.41, 5.74) is 0. The van der Waals surface area contributed by atoms with Gasteiger partial charge in [-0.15, -0.1) is 0 Å².